The second-order valence-corrected chi connectivity index (χ2v) is 4.43. The van der Waals surface area contributed by atoms with E-state index in [0.29, 0.717) is 12.3 Å². The summed E-state index contributed by atoms with van der Waals surface area (Å²) in [5.41, 5.74) is 1.79. The average Bonchev–Trinajstić information content (AvgIpc) is 2.94. The van der Waals surface area contributed by atoms with Crippen molar-refractivity contribution in [3.05, 3.63) is 48.4 Å². The lowest BCUT2D eigenvalue weighted by molar-refractivity contribution is 0.0924. The molecule has 2 rings (SSSR count). The van der Waals surface area contributed by atoms with Crippen LogP contribution in [0.25, 0.3) is 11.1 Å². The van der Waals surface area contributed by atoms with Gasteiger partial charge in [-0.3, -0.25) is 4.79 Å². The molecule has 1 amide bonds. The second kappa shape index (κ2) is 6.20. The van der Waals surface area contributed by atoms with Gasteiger partial charge in [0.2, 0.25) is 0 Å². The van der Waals surface area contributed by atoms with Gasteiger partial charge in [-0.2, -0.15) is 0 Å². The Labute approximate surface area is 112 Å². The fourth-order valence-electron chi connectivity index (χ4n) is 1.76. The Morgan fingerprint density at radius 3 is 2.68 bits per heavy atom. The summed E-state index contributed by atoms with van der Waals surface area (Å²) in [4.78, 5) is 12.1. The third kappa shape index (κ3) is 3.23. The van der Waals surface area contributed by atoms with Gasteiger partial charge in [0.15, 0.2) is 5.76 Å². The molecule has 1 unspecified atom stereocenters. The highest BCUT2D eigenvalue weighted by atomic mass is 16.3. The van der Waals surface area contributed by atoms with Crippen LogP contribution in [0.2, 0.25) is 0 Å². The van der Waals surface area contributed by atoms with Gasteiger partial charge in [-0.15, -0.1) is 0 Å². The maximum atomic E-state index is 12.1. The van der Waals surface area contributed by atoms with Crippen LogP contribution in [0.1, 0.15) is 17.5 Å². The van der Waals surface area contributed by atoms with E-state index in [1.54, 1.807) is 6.26 Å². The lowest BCUT2D eigenvalue weighted by Crippen LogP contribution is -2.37. The van der Waals surface area contributed by atoms with E-state index in [-0.39, 0.29) is 11.9 Å². The molecular formula is C15H18N2O2. The molecule has 2 aromatic rings. The fourth-order valence-corrected chi connectivity index (χ4v) is 1.76. The van der Waals surface area contributed by atoms with Crippen molar-refractivity contribution in [1.82, 2.24) is 10.6 Å². The van der Waals surface area contributed by atoms with Gasteiger partial charge in [-0.05, 0) is 25.6 Å². The predicted octanol–water partition coefficient (Wildman–Crippen LogP) is 2.28. The van der Waals surface area contributed by atoms with Crippen LogP contribution in [0.15, 0.2) is 47.1 Å². The topological polar surface area (TPSA) is 54.3 Å². The van der Waals surface area contributed by atoms with Crippen molar-refractivity contribution in [2.24, 2.45) is 0 Å². The quantitative estimate of drug-likeness (QED) is 0.865. The summed E-state index contributed by atoms with van der Waals surface area (Å²) in [6.07, 6.45) is 1.54. The highest BCUT2D eigenvalue weighted by Crippen LogP contribution is 2.24. The van der Waals surface area contributed by atoms with Gasteiger partial charge in [0.25, 0.3) is 5.91 Å². The second-order valence-electron chi connectivity index (χ2n) is 4.43. The molecule has 1 heterocycles. The van der Waals surface area contributed by atoms with Gasteiger partial charge in [0.05, 0.1) is 6.26 Å². The molecule has 0 saturated heterocycles. The Balaban J connectivity index is 2.14. The SMILES string of the molecule is CNC(C)CNC(=O)c1occc1-c1ccccc1. The van der Waals surface area contributed by atoms with Crippen LogP contribution in [0, 0.1) is 0 Å². The lowest BCUT2D eigenvalue weighted by atomic mass is 10.1. The smallest absolute Gasteiger partial charge is 0.287 e. The first-order chi connectivity index (χ1) is 9.22. The van der Waals surface area contributed by atoms with E-state index in [2.05, 4.69) is 10.6 Å². The molecule has 1 aromatic carbocycles. The molecule has 4 heteroatoms. The Hall–Kier alpha value is -2.07. The van der Waals surface area contributed by atoms with E-state index >= 15 is 0 Å². The average molecular weight is 258 g/mol. The molecule has 4 nitrogen and oxygen atoms in total. The number of hydrogen-bond donors (Lipinski definition) is 2. The zero-order valence-electron chi connectivity index (χ0n) is 11.1. The summed E-state index contributed by atoms with van der Waals surface area (Å²) in [6, 6.07) is 11.8. The molecule has 0 aliphatic heterocycles. The number of nitrogens with one attached hydrogen (secondary N) is 2. The molecule has 1 atom stereocenters. The highest BCUT2D eigenvalue weighted by molar-refractivity contribution is 5.98. The zero-order chi connectivity index (χ0) is 13.7. The van der Waals surface area contributed by atoms with E-state index in [1.807, 2.05) is 50.4 Å². The standard InChI is InChI=1S/C15H18N2O2/c1-11(16-2)10-17-15(18)14-13(8-9-19-14)12-6-4-3-5-7-12/h3-9,11,16H,10H2,1-2H3,(H,17,18). The maximum Gasteiger partial charge on any atom is 0.287 e. The predicted molar refractivity (Wildman–Crippen MR) is 75.0 cm³/mol. The lowest BCUT2D eigenvalue weighted by Gasteiger charge is -2.11. The van der Waals surface area contributed by atoms with Crippen LogP contribution in [-0.4, -0.2) is 25.5 Å². The van der Waals surface area contributed by atoms with Crippen molar-refractivity contribution in [3.63, 3.8) is 0 Å². The molecule has 0 bridgehead atoms. The summed E-state index contributed by atoms with van der Waals surface area (Å²) in [5.74, 6) is 0.167. The third-order valence-corrected chi connectivity index (χ3v) is 3.02. The number of hydrogen-bond acceptors (Lipinski definition) is 3. The summed E-state index contributed by atoms with van der Waals surface area (Å²) < 4.78 is 5.31. The largest absolute Gasteiger partial charge is 0.459 e. The Kier molecular flexibility index (Phi) is 4.36. The summed E-state index contributed by atoms with van der Waals surface area (Å²) in [7, 11) is 1.86. The van der Waals surface area contributed by atoms with E-state index in [9.17, 15) is 4.79 Å². The van der Waals surface area contributed by atoms with E-state index in [4.69, 9.17) is 4.42 Å². The number of carbonyl (C=O) groups excluding carboxylic acids is 1. The first-order valence-corrected chi connectivity index (χ1v) is 6.30. The Bertz CT molecular complexity index is 534. The molecule has 0 spiro atoms. The van der Waals surface area contributed by atoms with E-state index in [1.165, 1.54) is 0 Å². The van der Waals surface area contributed by atoms with Crippen LogP contribution in [-0.2, 0) is 0 Å². The number of furan rings is 1. The van der Waals surface area contributed by atoms with Gasteiger partial charge < -0.3 is 15.1 Å². The van der Waals surface area contributed by atoms with Crippen molar-refractivity contribution in [2.45, 2.75) is 13.0 Å². The summed E-state index contributed by atoms with van der Waals surface area (Å²) in [5, 5.41) is 5.92. The zero-order valence-corrected chi connectivity index (χ0v) is 11.1. The Morgan fingerprint density at radius 1 is 1.26 bits per heavy atom. The molecular weight excluding hydrogens is 240 g/mol. The molecule has 0 saturated carbocycles. The normalized spacial score (nSPS) is 12.1. The van der Waals surface area contributed by atoms with Gasteiger partial charge in [-0.25, -0.2) is 0 Å². The molecule has 100 valence electrons. The maximum absolute atomic E-state index is 12.1. The molecule has 2 N–H and O–H groups in total. The number of amides is 1. The van der Waals surface area contributed by atoms with Crippen LogP contribution in [0.5, 0.6) is 0 Å². The fraction of sp³-hybridized carbons (Fsp3) is 0.267. The molecule has 0 aliphatic carbocycles. The van der Waals surface area contributed by atoms with Crippen LogP contribution < -0.4 is 10.6 Å². The van der Waals surface area contributed by atoms with E-state index < -0.39 is 0 Å². The van der Waals surface area contributed by atoms with Crippen LogP contribution in [0.4, 0.5) is 0 Å². The molecule has 1 aromatic heterocycles. The molecule has 0 radical (unpaired) electrons. The summed E-state index contributed by atoms with van der Waals surface area (Å²) in [6.45, 7) is 2.56. The number of rotatable bonds is 5. The minimum absolute atomic E-state index is 0.189. The van der Waals surface area contributed by atoms with Crippen molar-refractivity contribution >= 4 is 5.91 Å². The molecule has 19 heavy (non-hydrogen) atoms. The summed E-state index contributed by atoms with van der Waals surface area (Å²) >= 11 is 0. The number of carbonyl (C=O) groups is 1. The Morgan fingerprint density at radius 2 is 2.00 bits per heavy atom. The van der Waals surface area contributed by atoms with Crippen molar-refractivity contribution < 1.29 is 9.21 Å². The first-order valence-electron chi connectivity index (χ1n) is 6.30. The van der Waals surface area contributed by atoms with Crippen LogP contribution >= 0.6 is 0 Å². The monoisotopic (exact) mass is 258 g/mol. The van der Waals surface area contributed by atoms with E-state index in [0.717, 1.165) is 11.1 Å². The third-order valence-electron chi connectivity index (χ3n) is 3.02. The van der Waals surface area contributed by atoms with Gasteiger partial charge in [0, 0.05) is 18.2 Å². The molecule has 0 aliphatic rings. The van der Waals surface area contributed by atoms with Crippen molar-refractivity contribution in [1.29, 1.82) is 0 Å². The molecule has 0 fully saturated rings. The van der Waals surface area contributed by atoms with Gasteiger partial charge in [-0.1, -0.05) is 30.3 Å². The number of likely N-dealkylation sites (N-methyl/N-ethyl adjacent to an activating group) is 1. The highest BCUT2D eigenvalue weighted by Gasteiger charge is 2.16. The first kappa shape index (κ1) is 13.4. The number of benzene rings is 1. The minimum atomic E-state index is -0.189. The van der Waals surface area contributed by atoms with Gasteiger partial charge in [0.1, 0.15) is 0 Å². The van der Waals surface area contributed by atoms with Crippen molar-refractivity contribution in [2.75, 3.05) is 13.6 Å². The van der Waals surface area contributed by atoms with Crippen molar-refractivity contribution in [3.8, 4) is 11.1 Å². The van der Waals surface area contributed by atoms with Gasteiger partial charge >= 0.3 is 0 Å². The van der Waals surface area contributed by atoms with Crippen LogP contribution in [0.3, 0.4) is 0 Å². The minimum Gasteiger partial charge on any atom is -0.459 e.